The molecule has 0 aromatic rings. The first-order valence-electron chi connectivity index (χ1n) is 6.62. The fourth-order valence-electron chi connectivity index (χ4n) is 2.01. The van der Waals surface area contributed by atoms with E-state index in [0.717, 1.165) is 32.3 Å². The smallest absolute Gasteiger partial charge is 0.0480 e. The van der Waals surface area contributed by atoms with Gasteiger partial charge in [-0.3, -0.25) is 0 Å². The molecule has 1 unspecified atom stereocenters. The topological polar surface area (TPSA) is 24.5 Å². The maximum atomic E-state index is 5.38. The quantitative estimate of drug-likeness (QED) is 0.749. The molecule has 1 fully saturated rings. The van der Waals surface area contributed by atoms with E-state index in [9.17, 15) is 0 Å². The molecular formula is C13H28N2O. The highest BCUT2D eigenvalue weighted by molar-refractivity contribution is 4.73. The van der Waals surface area contributed by atoms with E-state index in [4.69, 9.17) is 4.74 Å². The average molecular weight is 228 g/mol. The predicted octanol–water partition coefficient (Wildman–Crippen LogP) is 1.73. The first-order valence-corrected chi connectivity index (χ1v) is 6.62. The summed E-state index contributed by atoms with van der Waals surface area (Å²) in [6.07, 6.45) is 2.38. The number of nitrogens with zero attached hydrogens (tertiary/aromatic N) is 1. The van der Waals surface area contributed by atoms with Crippen LogP contribution in [0.1, 0.15) is 33.6 Å². The van der Waals surface area contributed by atoms with E-state index in [1.807, 2.05) is 0 Å². The minimum Gasteiger partial charge on any atom is -0.381 e. The molecule has 1 rings (SSSR count). The lowest BCUT2D eigenvalue weighted by atomic mass is 10.1. The van der Waals surface area contributed by atoms with Crippen molar-refractivity contribution in [3.63, 3.8) is 0 Å². The summed E-state index contributed by atoms with van der Waals surface area (Å²) in [6, 6.07) is 1.34. The van der Waals surface area contributed by atoms with Crippen LogP contribution >= 0.6 is 0 Å². The van der Waals surface area contributed by atoms with Crippen molar-refractivity contribution in [1.82, 2.24) is 10.2 Å². The van der Waals surface area contributed by atoms with Gasteiger partial charge in [-0.15, -0.1) is 0 Å². The number of ether oxygens (including phenoxy) is 1. The van der Waals surface area contributed by atoms with Gasteiger partial charge in [-0.05, 0) is 32.7 Å². The second kappa shape index (κ2) is 7.25. The standard InChI is InChI=1S/C13H28N2O/c1-11(2)12(3)14-7-8-15(4)13-5-9-16-10-6-13/h11-14H,5-10H2,1-4H3. The Morgan fingerprint density at radius 2 is 1.88 bits per heavy atom. The predicted molar refractivity (Wildman–Crippen MR) is 68.8 cm³/mol. The highest BCUT2D eigenvalue weighted by atomic mass is 16.5. The molecule has 0 spiro atoms. The van der Waals surface area contributed by atoms with Crippen molar-refractivity contribution in [3.05, 3.63) is 0 Å². The summed E-state index contributed by atoms with van der Waals surface area (Å²) in [6.45, 7) is 10.9. The monoisotopic (exact) mass is 228 g/mol. The van der Waals surface area contributed by atoms with Gasteiger partial charge in [0.05, 0.1) is 0 Å². The van der Waals surface area contributed by atoms with Crippen molar-refractivity contribution < 1.29 is 4.74 Å². The fraction of sp³-hybridized carbons (Fsp3) is 1.00. The zero-order valence-corrected chi connectivity index (χ0v) is 11.3. The van der Waals surface area contributed by atoms with Crippen LogP contribution in [0.15, 0.2) is 0 Å². The van der Waals surface area contributed by atoms with Crippen LogP contribution in [0.2, 0.25) is 0 Å². The molecule has 1 aliphatic rings. The molecule has 0 aliphatic carbocycles. The van der Waals surface area contributed by atoms with Gasteiger partial charge in [0.2, 0.25) is 0 Å². The van der Waals surface area contributed by atoms with Gasteiger partial charge >= 0.3 is 0 Å². The van der Waals surface area contributed by atoms with E-state index in [1.165, 1.54) is 12.8 Å². The summed E-state index contributed by atoms with van der Waals surface area (Å²) in [5.74, 6) is 0.716. The number of nitrogens with one attached hydrogen (secondary N) is 1. The molecular weight excluding hydrogens is 200 g/mol. The lowest BCUT2D eigenvalue weighted by Gasteiger charge is -2.31. The van der Waals surface area contributed by atoms with Crippen molar-refractivity contribution in [2.24, 2.45) is 5.92 Å². The van der Waals surface area contributed by atoms with Crippen LogP contribution in [0.4, 0.5) is 0 Å². The molecule has 0 aromatic carbocycles. The Morgan fingerprint density at radius 3 is 2.44 bits per heavy atom. The lowest BCUT2D eigenvalue weighted by Crippen LogP contribution is -2.42. The Labute approximate surface area is 101 Å². The number of likely N-dealkylation sites (N-methyl/N-ethyl adjacent to an activating group) is 1. The summed E-state index contributed by atoms with van der Waals surface area (Å²) in [5.41, 5.74) is 0. The van der Waals surface area contributed by atoms with E-state index in [0.29, 0.717) is 12.0 Å². The third-order valence-corrected chi connectivity index (χ3v) is 3.74. The first kappa shape index (κ1) is 13.9. The molecule has 1 saturated heterocycles. The number of hydrogen-bond acceptors (Lipinski definition) is 3. The first-order chi connectivity index (χ1) is 7.61. The highest BCUT2D eigenvalue weighted by Crippen LogP contribution is 2.12. The van der Waals surface area contributed by atoms with Crippen LogP contribution in [0, 0.1) is 5.92 Å². The molecule has 0 amide bonds. The Bertz CT molecular complexity index is 179. The molecule has 3 heteroatoms. The van der Waals surface area contributed by atoms with Crippen molar-refractivity contribution in [3.8, 4) is 0 Å². The van der Waals surface area contributed by atoms with Gasteiger partial charge in [0.1, 0.15) is 0 Å². The fourth-order valence-corrected chi connectivity index (χ4v) is 2.01. The SMILES string of the molecule is CC(C)C(C)NCCN(C)C1CCOCC1. The van der Waals surface area contributed by atoms with Gasteiger partial charge in [0.25, 0.3) is 0 Å². The summed E-state index contributed by atoms with van der Waals surface area (Å²) in [4.78, 5) is 2.47. The van der Waals surface area contributed by atoms with Gasteiger partial charge in [-0.1, -0.05) is 13.8 Å². The summed E-state index contributed by atoms with van der Waals surface area (Å²) >= 11 is 0. The van der Waals surface area contributed by atoms with Gasteiger partial charge in [0, 0.05) is 38.4 Å². The summed E-state index contributed by atoms with van der Waals surface area (Å²) < 4.78 is 5.38. The van der Waals surface area contributed by atoms with Crippen molar-refractivity contribution in [2.45, 2.75) is 45.7 Å². The van der Waals surface area contributed by atoms with Gasteiger partial charge < -0.3 is 15.0 Å². The molecule has 3 nitrogen and oxygen atoms in total. The Morgan fingerprint density at radius 1 is 1.25 bits per heavy atom. The largest absolute Gasteiger partial charge is 0.381 e. The maximum Gasteiger partial charge on any atom is 0.0480 e. The Balaban J connectivity index is 2.11. The zero-order valence-electron chi connectivity index (χ0n) is 11.3. The van der Waals surface area contributed by atoms with E-state index in [-0.39, 0.29) is 0 Å². The summed E-state index contributed by atoms with van der Waals surface area (Å²) in [5, 5.41) is 3.58. The lowest BCUT2D eigenvalue weighted by molar-refractivity contribution is 0.0431. The van der Waals surface area contributed by atoms with Gasteiger partial charge in [-0.25, -0.2) is 0 Å². The highest BCUT2D eigenvalue weighted by Gasteiger charge is 2.17. The average Bonchev–Trinajstić information content (AvgIpc) is 2.29. The third kappa shape index (κ3) is 4.81. The van der Waals surface area contributed by atoms with E-state index in [2.05, 4.69) is 38.0 Å². The van der Waals surface area contributed by atoms with Crippen LogP contribution in [0.5, 0.6) is 0 Å². The zero-order chi connectivity index (χ0) is 12.0. The second-order valence-electron chi connectivity index (χ2n) is 5.31. The normalized spacial score (nSPS) is 20.6. The minimum atomic E-state index is 0.614. The molecule has 0 radical (unpaired) electrons. The van der Waals surface area contributed by atoms with Crippen LogP contribution in [0.3, 0.4) is 0 Å². The molecule has 96 valence electrons. The second-order valence-corrected chi connectivity index (χ2v) is 5.31. The Kier molecular flexibility index (Phi) is 6.32. The molecule has 1 aliphatic heterocycles. The summed E-state index contributed by atoms with van der Waals surface area (Å²) in [7, 11) is 2.23. The van der Waals surface area contributed by atoms with Crippen molar-refractivity contribution in [1.29, 1.82) is 0 Å². The van der Waals surface area contributed by atoms with Crippen molar-refractivity contribution in [2.75, 3.05) is 33.4 Å². The maximum absolute atomic E-state index is 5.38. The van der Waals surface area contributed by atoms with E-state index in [1.54, 1.807) is 0 Å². The van der Waals surface area contributed by atoms with Crippen molar-refractivity contribution >= 4 is 0 Å². The van der Waals surface area contributed by atoms with Gasteiger partial charge in [0.15, 0.2) is 0 Å². The Hall–Kier alpha value is -0.120. The number of rotatable bonds is 6. The van der Waals surface area contributed by atoms with Crippen LogP contribution in [0.25, 0.3) is 0 Å². The van der Waals surface area contributed by atoms with E-state index >= 15 is 0 Å². The van der Waals surface area contributed by atoms with Crippen LogP contribution in [-0.2, 0) is 4.74 Å². The molecule has 1 N–H and O–H groups in total. The van der Waals surface area contributed by atoms with Crippen LogP contribution in [-0.4, -0.2) is 50.3 Å². The number of hydrogen-bond donors (Lipinski definition) is 1. The molecule has 0 saturated carbocycles. The molecule has 0 bridgehead atoms. The molecule has 0 aromatic heterocycles. The third-order valence-electron chi connectivity index (χ3n) is 3.74. The minimum absolute atomic E-state index is 0.614. The van der Waals surface area contributed by atoms with Gasteiger partial charge in [-0.2, -0.15) is 0 Å². The molecule has 16 heavy (non-hydrogen) atoms. The van der Waals surface area contributed by atoms with E-state index < -0.39 is 0 Å². The molecule has 1 heterocycles. The molecule has 1 atom stereocenters. The van der Waals surface area contributed by atoms with Crippen LogP contribution < -0.4 is 5.32 Å².